The first-order valence-corrected chi connectivity index (χ1v) is 21.1. The van der Waals surface area contributed by atoms with Gasteiger partial charge in [0.2, 0.25) is 11.4 Å². The molecule has 59 heavy (non-hydrogen) atoms. The second-order valence-corrected chi connectivity index (χ2v) is 19.6. The Morgan fingerprint density at radius 3 is 1.98 bits per heavy atom. The molecule has 2 atom stereocenters. The number of quaternary nitrogens is 2. The minimum atomic E-state index is -0.125. The third-order valence-corrected chi connectivity index (χ3v) is 12.8. The standard InChI is InChI=1S/C53H57N4O.Pt/c1-12-35(13-2)36-17-16-18-40(27-36)56-34-57(56,49-20-15-14-19-48(49)56)41-28-39(53(9,10)11)29-43(32-41)58-42-22-24-45-44-23-21-37(51(3,4)5)30-46(44)55(47(45)33-42)50-31-38(25-26-54-50)52(6,7)8;/h14-31,34-35H,12-13H2,1-11H3;/q-1;/t56-,57?;/m0./s1. The van der Waals surface area contributed by atoms with Crippen LogP contribution in [0, 0.1) is 18.8 Å². The molecule has 6 heteroatoms. The van der Waals surface area contributed by atoms with Crippen molar-refractivity contribution in [2.45, 2.75) is 111 Å². The molecule has 5 aromatic carbocycles. The Kier molecular flexibility index (Phi) is 9.98. The fourth-order valence-electron chi connectivity index (χ4n) is 9.19. The normalized spacial score (nSPS) is 18.6. The first-order chi connectivity index (χ1) is 27.5. The molecular formula is C53H57N4OPt-. The molecule has 0 radical (unpaired) electrons. The molecule has 306 valence electrons. The van der Waals surface area contributed by atoms with Crippen LogP contribution in [0.15, 0.2) is 109 Å². The van der Waals surface area contributed by atoms with Crippen molar-refractivity contribution >= 4 is 44.6 Å². The Labute approximate surface area is 366 Å². The maximum Gasteiger partial charge on any atom is 0.225 e. The smallest absolute Gasteiger partial charge is 0.225 e. The fraction of sp³-hybridized carbons (Fsp3) is 0.321. The van der Waals surface area contributed by atoms with E-state index >= 15 is 0 Å². The van der Waals surface area contributed by atoms with Crippen LogP contribution in [0.3, 0.4) is 0 Å². The van der Waals surface area contributed by atoms with E-state index in [1.54, 1.807) is 0 Å². The molecule has 2 aliphatic heterocycles. The third kappa shape index (κ3) is 6.51. The summed E-state index contributed by atoms with van der Waals surface area (Å²) in [4.78, 5) is 4.96. The maximum atomic E-state index is 6.92. The Balaban J connectivity index is 0.00000484. The zero-order valence-electron chi connectivity index (χ0n) is 36.5. The van der Waals surface area contributed by atoms with E-state index in [0.717, 1.165) is 40.8 Å². The van der Waals surface area contributed by atoms with Gasteiger partial charge in [-0.25, -0.2) is 9.58 Å². The molecule has 0 saturated carbocycles. The molecule has 7 aromatic rings. The van der Waals surface area contributed by atoms with E-state index in [4.69, 9.17) is 9.72 Å². The summed E-state index contributed by atoms with van der Waals surface area (Å²) in [5.41, 5.74) is 12.0. The van der Waals surface area contributed by atoms with Gasteiger partial charge in [0.25, 0.3) is 0 Å². The number of para-hydroxylation sites is 2. The van der Waals surface area contributed by atoms with Crippen LogP contribution < -0.4 is 13.9 Å². The van der Waals surface area contributed by atoms with Gasteiger partial charge in [-0.2, -0.15) is 10.7 Å². The number of hydrogen-bond acceptors (Lipinski definition) is 2. The summed E-state index contributed by atoms with van der Waals surface area (Å²) in [5, 5.41) is 2.29. The van der Waals surface area contributed by atoms with E-state index in [-0.39, 0.29) is 37.3 Å². The maximum absolute atomic E-state index is 6.92. The molecule has 0 bridgehead atoms. The quantitative estimate of drug-likeness (QED) is 0.0862. The number of aromatic nitrogens is 2. The number of fused-ring (bicyclic) bond motifs is 7. The van der Waals surface area contributed by atoms with Crippen LogP contribution >= 0.6 is 0 Å². The molecular weight excluding hydrogens is 904 g/mol. The predicted octanol–water partition coefficient (Wildman–Crippen LogP) is 14.7. The van der Waals surface area contributed by atoms with Crippen molar-refractivity contribution in [1.29, 1.82) is 0 Å². The van der Waals surface area contributed by atoms with E-state index in [1.165, 1.54) is 44.7 Å². The summed E-state index contributed by atoms with van der Waals surface area (Å²) in [6, 6.07) is 45.6. The second kappa shape index (κ2) is 14.3. The summed E-state index contributed by atoms with van der Waals surface area (Å²) in [7, 11) is 0. The van der Waals surface area contributed by atoms with Crippen LogP contribution in [-0.2, 0) is 37.3 Å². The van der Waals surface area contributed by atoms with Gasteiger partial charge in [0.1, 0.15) is 5.82 Å². The van der Waals surface area contributed by atoms with E-state index in [9.17, 15) is 0 Å². The molecule has 2 aromatic heterocycles. The minimum absolute atomic E-state index is 0. The van der Waals surface area contributed by atoms with Gasteiger partial charge in [0, 0.05) is 68.5 Å². The zero-order chi connectivity index (χ0) is 41.0. The zero-order valence-corrected chi connectivity index (χ0v) is 38.7. The largest absolute Gasteiger partial charge is 0.509 e. The Hall–Kier alpha value is -4.54. The van der Waals surface area contributed by atoms with E-state index in [1.807, 2.05) is 6.20 Å². The topological polar surface area (TPSA) is 27.1 Å². The molecule has 4 heterocycles. The number of ether oxygens (including phenoxy) is 1. The van der Waals surface area contributed by atoms with Gasteiger partial charge in [-0.1, -0.05) is 124 Å². The SMILES string of the molecule is CCC(CC)c1cccc([N@+]23[CH-][N+]2(c2[c-]c(Oc4[c-]c5c(cc4)c4ccc(C(C)(C)C)cc4n5-c4cc(C(C)(C)C)ccn4)cc(C(C)(C)C)c2)c2ccccc23)c1.[Pt]. The molecule has 1 fully saturated rings. The number of nitrogens with zero attached hydrogens (tertiary/aromatic N) is 4. The first-order valence-electron chi connectivity index (χ1n) is 21.1. The number of rotatable bonds is 8. The molecule has 0 aliphatic carbocycles. The van der Waals surface area contributed by atoms with E-state index in [0.29, 0.717) is 26.6 Å². The molecule has 2 aliphatic rings. The van der Waals surface area contributed by atoms with Crippen molar-refractivity contribution in [1.82, 2.24) is 18.7 Å². The van der Waals surface area contributed by atoms with Crippen LogP contribution in [0.5, 0.6) is 11.5 Å². The summed E-state index contributed by atoms with van der Waals surface area (Å²) in [5.74, 6) is 2.75. The molecule has 0 amide bonds. The Bertz CT molecular complexity index is 2740. The molecule has 0 spiro atoms. The molecule has 5 nitrogen and oxygen atoms in total. The summed E-state index contributed by atoms with van der Waals surface area (Å²) < 4.78 is 10.4. The number of benzene rings is 5. The van der Waals surface area contributed by atoms with Crippen molar-refractivity contribution in [3.05, 3.63) is 150 Å². The molecule has 1 unspecified atom stereocenters. The van der Waals surface area contributed by atoms with Crippen LogP contribution in [0.25, 0.3) is 27.6 Å². The summed E-state index contributed by atoms with van der Waals surface area (Å²) in [6.07, 6.45) is 4.19. The number of hydrogen-bond donors (Lipinski definition) is 0. The van der Waals surface area contributed by atoms with Gasteiger partial charge < -0.3 is 9.30 Å². The monoisotopic (exact) mass is 960 g/mol. The Morgan fingerprint density at radius 2 is 1.31 bits per heavy atom. The van der Waals surface area contributed by atoms with E-state index in [2.05, 4.69) is 203 Å². The molecule has 9 rings (SSSR count). The summed E-state index contributed by atoms with van der Waals surface area (Å²) in [6.45, 7) is 27.4. The van der Waals surface area contributed by atoms with Crippen LogP contribution in [-0.4, -0.2) is 9.55 Å². The van der Waals surface area contributed by atoms with Gasteiger partial charge in [0.15, 0.2) is 12.4 Å². The van der Waals surface area contributed by atoms with Gasteiger partial charge in [-0.05, 0) is 75.3 Å². The van der Waals surface area contributed by atoms with Crippen LogP contribution in [0.2, 0.25) is 0 Å². The van der Waals surface area contributed by atoms with Crippen LogP contribution in [0.4, 0.5) is 22.7 Å². The second-order valence-electron chi connectivity index (χ2n) is 19.6. The first kappa shape index (κ1) is 41.2. The minimum Gasteiger partial charge on any atom is -0.509 e. The van der Waals surface area contributed by atoms with Gasteiger partial charge >= 0.3 is 0 Å². The van der Waals surface area contributed by atoms with Crippen molar-refractivity contribution in [3.63, 3.8) is 0 Å². The van der Waals surface area contributed by atoms with Gasteiger partial charge in [-0.15, -0.1) is 35.2 Å². The van der Waals surface area contributed by atoms with Crippen molar-refractivity contribution < 1.29 is 25.8 Å². The van der Waals surface area contributed by atoms with Crippen LogP contribution in [0.1, 0.15) is 117 Å². The molecule has 1 saturated heterocycles. The van der Waals surface area contributed by atoms with E-state index < -0.39 is 0 Å². The van der Waals surface area contributed by atoms with Crippen molar-refractivity contribution in [2.75, 3.05) is 0 Å². The average Bonchev–Trinajstić information content (AvgIpc) is 3.68. The molecule has 0 N–H and O–H groups in total. The third-order valence-electron chi connectivity index (χ3n) is 12.8. The predicted molar refractivity (Wildman–Crippen MR) is 242 cm³/mol. The fourth-order valence-corrected chi connectivity index (χ4v) is 9.19. The summed E-state index contributed by atoms with van der Waals surface area (Å²) >= 11 is 0. The van der Waals surface area contributed by atoms with Gasteiger partial charge in [0.05, 0.1) is 5.69 Å². The van der Waals surface area contributed by atoms with Crippen molar-refractivity contribution in [2.24, 2.45) is 0 Å². The average molecular weight is 961 g/mol. The van der Waals surface area contributed by atoms with Crippen molar-refractivity contribution in [3.8, 4) is 17.3 Å². The Morgan fingerprint density at radius 1 is 0.644 bits per heavy atom. The van der Waals surface area contributed by atoms with Gasteiger partial charge in [-0.3, -0.25) is 0 Å². The number of pyridine rings is 1.